The van der Waals surface area contributed by atoms with Crippen LogP contribution in [0.2, 0.25) is 0 Å². The van der Waals surface area contributed by atoms with Crippen molar-refractivity contribution in [3.8, 4) is 0 Å². The molecule has 0 saturated carbocycles. The number of methoxy groups -OCH3 is 1. The molecule has 3 rings (SSSR count). The Kier molecular flexibility index (Phi) is 4.48. The number of benzene rings is 2. The molecular formula is C17H15NO4Se. The summed E-state index contributed by atoms with van der Waals surface area (Å²) in [6, 6.07) is 15.2. The van der Waals surface area contributed by atoms with Gasteiger partial charge >= 0.3 is 137 Å². The van der Waals surface area contributed by atoms with E-state index in [0.29, 0.717) is 9.65 Å². The number of hydrogen-bond donors (Lipinski definition) is 0. The molecule has 0 aliphatic carbocycles. The molecule has 0 amide bonds. The van der Waals surface area contributed by atoms with Crippen LogP contribution in [0.4, 0.5) is 0 Å². The molecule has 0 bridgehead atoms. The molecule has 0 spiro atoms. The predicted molar refractivity (Wildman–Crippen MR) is 86.3 cm³/mol. The Bertz CT molecular complexity index is 898. The Morgan fingerprint density at radius 3 is 2.48 bits per heavy atom. The number of carbonyl (C=O) groups is 1. The van der Waals surface area contributed by atoms with Crippen molar-refractivity contribution in [2.75, 3.05) is 7.11 Å². The van der Waals surface area contributed by atoms with E-state index in [1.54, 1.807) is 24.3 Å². The zero-order chi connectivity index (χ0) is 16.4. The summed E-state index contributed by atoms with van der Waals surface area (Å²) < 4.78 is 19.3. The molecule has 1 unspecified atom stereocenters. The first-order valence-electron chi connectivity index (χ1n) is 7.09. The molecule has 6 heteroatoms. The van der Waals surface area contributed by atoms with E-state index in [1.807, 2.05) is 30.3 Å². The SMILES string of the molecule is COC(=O)[C@H](Cc1ccccc1)n1c(=O)c2ccccc2[se+]1[O-]. The summed E-state index contributed by atoms with van der Waals surface area (Å²) in [5.41, 5.74) is 0.511. The Morgan fingerprint density at radius 1 is 1.17 bits per heavy atom. The van der Waals surface area contributed by atoms with E-state index in [9.17, 15) is 13.8 Å². The summed E-state index contributed by atoms with van der Waals surface area (Å²) in [7, 11) is 1.27. The van der Waals surface area contributed by atoms with Gasteiger partial charge in [0, 0.05) is 0 Å². The molecule has 1 heterocycles. The number of carbonyl (C=O) groups excluding carboxylic acids is 1. The predicted octanol–water partition coefficient (Wildman–Crippen LogP) is 0.826. The molecular weight excluding hydrogens is 361 g/mol. The van der Waals surface area contributed by atoms with E-state index in [1.165, 1.54) is 10.7 Å². The van der Waals surface area contributed by atoms with Gasteiger partial charge in [-0.1, -0.05) is 0 Å². The number of esters is 1. The molecule has 0 radical (unpaired) electrons. The summed E-state index contributed by atoms with van der Waals surface area (Å²) in [6.45, 7) is 0. The molecule has 23 heavy (non-hydrogen) atoms. The maximum atomic E-state index is 12.8. The first-order chi connectivity index (χ1) is 11.1. The third kappa shape index (κ3) is 2.88. The zero-order valence-electron chi connectivity index (χ0n) is 12.5. The summed E-state index contributed by atoms with van der Waals surface area (Å²) in [4.78, 5) is 24.8. The number of hydrogen-bond acceptors (Lipinski definition) is 4. The van der Waals surface area contributed by atoms with Crippen LogP contribution >= 0.6 is 0 Å². The van der Waals surface area contributed by atoms with Crippen molar-refractivity contribution in [2.24, 2.45) is 0 Å². The fraction of sp³-hybridized carbons (Fsp3) is 0.176. The van der Waals surface area contributed by atoms with Crippen LogP contribution < -0.4 is 9.75 Å². The molecule has 2 aromatic carbocycles. The van der Waals surface area contributed by atoms with Crippen molar-refractivity contribution in [1.82, 2.24) is 3.56 Å². The number of rotatable bonds is 4. The first-order valence-corrected chi connectivity index (χ1v) is 9.42. The van der Waals surface area contributed by atoms with Crippen LogP contribution in [0.25, 0.3) is 9.65 Å². The molecule has 3 aromatic rings. The minimum atomic E-state index is -2.80. The van der Waals surface area contributed by atoms with E-state index in [2.05, 4.69) is 0 Å². The summed E-state index contributed by atoms with van der Waals surface area (Å²) >= 11 is -2.80. The number of aromatic nitrogens is 1. The second-order valence-electron chi connectivity index (χ2n) is 5.10. The number of nitrogens with zero attached hydrogens (tertiary/aromatic N) is 1. The van der Waals surface area contributed by atoms with Gasteiger partial charge in [-0.2, -0.15) is 0 Å². The standard InChI is InChI=1S/C17H15NO4Se/c1-22-17(20)14(11-12-7-3-2-4-8-12)18-16(19)13-9-5-6-10-15(13)23(18)21/h2-10,14H,11H2,1H3/t14-,23?/m0/s1. The van der Waals surface area contributed by atoms with Gasteiger partial charge in [0.1, 0.15) is 0 Å². The summed E-state index contributed by atoms with van der Waals surface area (Å²) in [5.74, 6) is -0.556. The van der Waals surface area contributed by atoms with Gasteiger partial charge in [0.2, 0.25) is 0 Å². The van der Waals surface area contributed by atoms with E-state index in [4.69, 9.17) is 4.74 Å². The topological polar surface area (TPSA) is 71.4 Å². The van der Waals surface area contributed by atoms with Crippen LogP contribution in [0.5, 0.6) is 0 Å². The van der Waals surface area contributed by atoms with Gasteiger partial charge in [0.15, 0.2) is 0 Å². The Labute approximate surface area is 137 Å². The number of fused-ring (bicyclic) bond motifs is 1. The van der Waals surface area contributed by atoms with Crippen molar-refractivity contribution in [3.63, 3.8) is 0 Å². The van der Waals surface area contributed by atoms with Gasteiger partial charge < -0.3 is 0 Å². The second-order valence-corrected chi connectivity index (χ2v) is 7.90. The van der Waals surface area contributed by atoms with E-state index in [0.717, 1.165) is 5.56 Å². The molecule has 1 aromatic heterocycles. The first kappa shape index (κ1) is 15.7. The maximum absolute atomic E-state index is 12.8. The van der Waals surface area contributed by atoms with Crippen LogP contribution in [0.1, 0.15) is 11.6 Å². The van der Waals surface area contributed by atoms with Crippen molar-refractivity contribution < 1.29 is 13.7 Å². The molecule has 0 aliphatic heterocycles. The van der Waals surface area contributed by atoms with Crippen molar-refractivity contribution in [2.45, 2.75) is 12.5 Å². The fourth-order valence-electron chi connectivity index (χ4n) is 2.59. The summed E-state index contributed by atoms with van der Waals surface area (Å²) in [6.07, 6.45) is 0.273. The zero-order valence-corrected chi connectivity index (χ0v) is 14.2. The Hall–Kier alpha value is -2.14. The van der Waals surface area contributed by atoms with Crippen LogP contribution in [0.15, 0.2) is 59.4 Å². The van der Waals surface area contributed by atoms with Gasteiger partial charge in [-0.3, -0.25) is 0 Å². The Balaban J connectivity index is 2.14. The molecule has 5 nitrogen and oxygen atoms in total. The van der Waals surface area contributed by atoms with Crippen molar-refractivity contribution in [3.05, 3.63) is 70.5 Å². The average Bonchev–Trinajstić information content (AvgIpc) is 2.85. The molecule has 0 aliphatic rings. The van der Waals surface area contributed by atoms with Gasteiger partial charge in [-0.25, -0.2) is 0 Å². The van der Waals surface area contributed by atoms with Gasteiger partial charge in [-0.05, 0) is 0 Å². The van der Waals surface area contributed by atoms with Crippen LogP contribution in [0, 0.1) is 0 Å². The van der Waals surface area contributed by atoms with Gasteiger partial charge in [0.25, 0.3) is 0 Å². The normalized spacial score (nSPS) is 13.0. The molecule has 0 saturated heterocycles. The molecule has 118 valence electrons. The minimum absolute atomic E-state index is 0.273. The number of ether oxygens (including phenoxy) is 1. The van der Waals surface area contributed by atoms with E-state index in [-0.39, 0.29) is 12.0 Å². The van der Waals surface area contributed by atoms with Gasteiger partial charge in [-0.15, -0.1) is 0 Å². The van der Waals surface area contributed by atoms with Crippen LogP contribution in [-0.4, -0.2) is 30.6 Å². The molecule has 0 fully saturated rings. The molecule has 0 N–H and O–H groups in total. The summed E-state index contributed by atoms with van der Waals surface area (Å²) in [5, 5.41) is 0.412. The third-order valence-electron chi connectivity index (χ3n) is 3.71. The van der Waals surface area contributed by atoms with Gasteiger partial charge in [0.05, 0.1) is 0 Å². The van der Waals surface area contributed by atoms with Crippen molar-refractivity contribution in [1.29, 1.82) is 0 Å². The third-order valence-corrected chi connectivity index (χ3v) is 6.88. The second kappa shape index (κ2) is 6.54. The van der Waals surface area contributed by atoms with E-state index < -0.39 is 26.0 Å². The van der Waals surface area contributed by atoms with Crippen molar-refractivity contribution >= 4 is 29.6 Å². The fourth-order valence-corrected chi connectivity index (χ4v) is 5.51. The molecule has 2 atom stereocenters. The Morgan fingerprint density at radius 2 is 1.83 bits per heavy atom. The van der Waals surface area contributed by atoms with Crippen LogP contribution in [-0.2, 0) is 16.0 Å². The monoisotopic (exact) mass is 377 g/mol. The average molecular weight is 376 g/mol. The van der Waals surface area contributed by atoms with E-state index >= 15 is 0 Å². The van der Waals surface area contributed by atoms with Crippen LogP contribution in [0.3, 0.4) is 0 Å². The quantitative estimate of drug-likeness (QED) is 0.500.